The molecule has 4 nitrogen and oxygen atoms in total. The van der Waals surface area contributed by atoms with Crippen LogP contribution in [0.2, 0.25) is 0 Å². The van der Waals surface area contributed by atoms with E-state index in [4.69, 9.17) is 0 Å². The normalized spacial score (nSPS) is 14.4. The number of hydrogen-bond acceptors (Lipinski definition) is 3. The summed E-state index contributed by atoms with van der Waals surface area (Å²) in [6, 6.07) is 3.55. The predicted molar refractivity (Wildman–Crippen MR) is 128 cm³/mol. The Balaban J connectivity index is 3.47. The fourth-order valence-electron chi connectivity index (χ4n) is 3.03. The Labute approximate surface area is 183 Å². The molecule has 1 unspecified atom stereocenters. The third kappa shape index (κ3) is 7.16. The summed E-state index contributed by atoms with van der Waals surface area (Å²) in [6.07, 6.45) is 7.85. The van der Waals surface area contributed by atoms with Crippen LogP contribution in [0.15, 0.2) is 53.9 Å². The summed E-state index contributed by atoms with van der Waals surface area (Å²) in [5, 5.41) is 9.19. The molecule has 1 atom stereocenters. The molecule has 0 bridgehead atoms. The highest BCUT2D eigenvalue weighted by Gasteiger charge is 2.22. The van der Waals surface area contributed by atoms with Crippen LogP contribution < -0.4 is 4.90 Å². The molecule has 0 amide bonds. The van der Waals surface area contributed by atoms with Crippen LogP contribution in [0.4, 0.5) is 5.82 Å². The highest BCUT2D eigenvalue weighted by molar-refractivity contribution is 5.87. The minimum absolute atomic E-state index is 0.0459. The molecule has 1 aromatic rings. The number of carboxylic acids is 1. The molecular weight excluding hydrogens is 372 g/mol. The Morgan fingerprint density at radius 2 is 1.77 bits per heavy atom. The Bertz CT molecular complexity index is 803. The van der Waals surface area contributed by atoms with Gasteiger partial charge < -0.3 is 10.0 Å². The van der Waals surface area contributed by atoms with E-state index in [2.05, 4.69) is 90.9 Å². The fraction of sp³-hybridized carbons (Fsp3) is 0.538. The van der Waals surface area contributed by atoms with Crippen LogP contribution in [0, 0.1) is 10.8 Å². The van der Waals surface area contributed by atoms with E-state index in [0.717, 1.165) is 18.5 Å². The zero-order valence-electron chi connectivity index (χ0n) is 20.3. The van der Waals surface area contributed by atoms with Crippen LogP contribution >= 0.6 is 0 Å². The maximum absolute atomic E-state index is 11.2. The smallest absolute Gasteiger partial charge is 0.337 e. The molecule has 30 heavy (non-hydrogen) atoms. The summed E-state index contributed by atoms with van der Waals surface area (Å²) in [7, 11) is 0. The van der Waals surface area contributed by atoms with Gasteiger partial charge in [0.2, 0.25) is 0 Å². The van der Waals surface area contributed by atoms with Crippen LogP contribution in [0.25, 0.3) is 0 Å². The van der Waals surface area contributed by atoms with Crippen LogP contribution in [0.3, 0.4) is 0 Å². The molecule has 0 saturated carbocycles. The van der Waals surface area contributed by atoms with Crippen molar-refractivity contribution >= 4 is 11.8 Å². The lowest BCUT2D eigenvalue weighted by Crippen LogP contribution is -2.32. The van der Waals surface area contributed by atoms with Gasteiger partial charge in [-0.25, -0.2) is 9.78 Å². The minimum atomic E-state index is -0.973. The van der Waals surface area contributed by atoms with Gasteiger partial charge in [-0.05, 0) is 54.9 Å². The van der Waals surface area contributed by atoms with Gasteiger partial charge in [0.1, 0.15) is 5.82 Å². The van der Waals surface area contributed by atoms with Gasteiger partial charge in [-0.2, -0.15) is 0 Å². The van der Waals surface area contributed by atoms with E-state index in [1.165, 1.54) is 17.3 Å². The van der Waals surface area contributed by atoms with Crippen LogP contribution in [-0.4, -0.2) is 22.1 Å². The molecule has 0 saturated heterocycles. The quantitative estimate of drug-likeness (QED) is 0.457. The number of hydrogen-bond donors (Lipinski definition) is 1. The number of anilines is 1. The van der Waals surface area contributed by atoms with E-state index in [1.807, 2.05) is 0 Å². The molecule has 0 aromatic carbocycles. The van der Waals surface area contributed by atoms with Crippen LogP contribution in [-0.2, 0) is 0 Å². The Kier molecular flexibility index (Phi) is 8.64. The molecule has 166 valence electrons. The monoisotopic (exact) mass is 412 g/mol. The molecule has 0 fully saturated rings. The van der Waals surface area contributed by atoms with Gasteiger partial charge in [0.05, 0.1) is 5.56 Å². The molecule has 0 aliphatic heterocycles. The zero-order chi connectivity index (χ0) is 23.3. The predicted octanol–water partition coefficient (Wildman–Crippen LogP) is 7.25. The number of allylic oxidation sites excluding steroid dienone is 4. The molecule has 1 rings (SSSR count). The van der Waals surface area contributed by atoms with Crippen molar-refractivity contribution in [1.29, 1.82) is 0 Å². The van der Waals surface area contributed by atoms with Crippen molar-refractivity contribution < 1.29 is 9.90 Å². The number of carboxylic acid groups (broad SMARTS) is 1. The van der Waals surface area contributed by atoms with Gasteiger partial charge in [-0.1, -0.05) is 73.1 Å². The maximum atomic E-state index is 11.2. The van der Waals surface area contributed by atoms with Crippen molar-refractivity contribution in [3.05, 3.63) is 59.5 Å². The van der Waals surface area contributed by atoms with Gasteiger partial charge in [0.15, 0.2) is 0 Å². The fourth-order valence-corrected chi connectivity index (χ4v) is 3.03. The van der Waals surface area contributed by atoms with Crippen molar-refractivity contribution in [2.24, 2.45) is 10.8 Å². The summed E-state index contributed by atoms with van der Waals surface area (Å²) >= 11 is 0. The van der Waals surface area contributed by atoms with Crippen LogP contribution in [0.1, 0.15) is 85.5 Å². The summed E-state index contributed by atoms with van der Waals surface area (Å²) in [5.41, 5.74) is 3.60. The molecule has 1 aromatic heterocycles. The van der Waals surface area contributed by atoms with E-state index < -0.39 is 5.97 Å². The van der Waals surface area contributed by atoms with E-state index in [0.29, 0.717) is 5.82 Å². The summed E-state index contributed by atoms with van der Waals surface area (Å²) in [6.45, 7) is 24.1. The second kappa shape index (κ2) is 10.1. The van der Waals surface area contributed by atoms with Crippen molar-refractivity contribution in [1.82, 2.24) is 4.98 Å². The van der Waals surface area contributed by atoms with Crippen molar-refractivity contribution in [3.63, 3.8) is 0 Å². The zero-order valence-corrected chi connectivity index (χ0v) is 20.3. The number of rotatable bonds is 8. The maximum Gasteiger partial charge on any atom is 0.337 e. The molecule has 1 heterocycles. The highest BCUT2D eigenvalue weighted by Crippen LogP contribution is 2.34. The van der Waals surface area contributed by atoms with E-state index in [-0.39, 0.29) is 22.4 Å². The lowest BCUT2D eigenvalue weighted by molar-refractivity contribution is 0.0696. The van der Waals surface area contributed by atoms with E-state index in [9.17, 15) is 9.90 Å². The molecule has 0 spiro atoms. The first kappa shape index (κ1) is 25.7. The summed E-state index contributed by atoms with van der Waals surface area (Å²) < 4.78 is 0. The largest absolute Gasteiger partial charge is 0.478 e. The lowest BCUT2D eigenvalue weighted by Gasteiger charge is -2.32. The molecule has 0 aliphatic carbocycles. The standard InChI is InChI=1S/C26H40N2O2/c1-11-12-19(3)28(23-14-13-21(17-27-23)24(29)30)20(4)16-22(26(8,9)10)15-18(2)25(5,6)7/h13-17,19H,4,11-12H2,1-3,5-10H3,(H,29,30)/b18-15+,22-16+. The van der Waals surface area contributed by atoms with E-state index >= 15 is 0 Å². The summed E-state index contributed by atoms with van der Waals surface area (Å²) in [5.74, 6) is -0.259. The first-order valence-electron chi connectivity index (χ1n) is 10.8. The van der Waals surface area contributed by atoms with Gasteiger partial charge in [0, 0.05) is 17.9 Å². The second-order valence-corrected chi connectivity index (χ2v) is 10.1. The third-order valence-corrected chi connectivity index (χ3v) is 5.44. The number of carbonyl (C=O) groups is 1. The molecule has 0 aliphatic rings. The first-order chi connectivity index (χ1) is 13.7. The highest BCUT2D eigenvalue weighted by atomic mass is 16.4. The Morgan fingerprint density at radius 1 is 1.17 bits per heavy atom. The van der Waals surface area contributed by atoms with Gasteiger partial charge >= 0.3 is 5.97 Å². The SMILES string of the molecule is C=C(/C=C(\C=C(/C)C(C)(C)C)C(C)(C)C)N(c1ccc(C(=O)O)cn1)C(C)CCC. The summed E-state index contributed by atoms with van der Waals surface area (Å²) in [4.78, 5) is 17.8. The molecule has 1 N–H and O–H groups in total. The van der Waals surface area contributed by atoms with Crippen molar-refractivity contribution in [2.45, 2.75) is 81.2 Å². The molecule has 0 radical (unpaired) electrons. The Hall–Kier alpha value is -2.36. The van der Waals surface area contributed by atoms with Gasteiger partial charge in [0.25, 0.3) is 0 Å². The average Bonchev–Trinajstić information content (AvgIpc) is 2.60. The molecule has 4 heteroatoms. The minimum Gasteiger partial charge on any atom is -0.478 e. The first-order valence-corrected chi connectivity index (χ1v) is 10.8. The van der Waals surface area contributed by atoms with Crippen LogP contribution in [0.5, 0.6) is 0 Å². The Morgan fingerprint density at radius 3 is 2.17 bits per heavy atom. The number of aromatic carboxylic acids is 1. The topological polar surface area (TPSA) is 53.4 Å². The average molecular weight is 413 g/mol. The number of nitrogens with zero attached hydrogens (tertiary/aromatic N) is 2. The van der Waals surface area contributed by atoms with Gasteiger partial charge in [-0.15, -0.1) is 0 Å². The van der Waals surface area contributed by atoms with Crippen molar-refractivity contribution in [2.75, 3.05) is 4.90 Å². The lowest BCUT2D eigenvalue weighted by atomic mass is 9.80. The second-order valence-electron chi connectivity index (χ2n) is 10.1. The third-order valence-electron chi connectivity index (χ3n) is 5.44. The van der Waals surface area contributed by atoms with E-state index in [1.54, 1.807) is 12.1 Å². The number of aromatic nitrogens is 1. The molecular formula is C26H40N2O2. The van der Waals surface area contributed by atoms with Gasteiger partial charge in [-0.3, -0.25) is 0 Å². The number of pyridine rings is 1. The van der Waals surface area contributed by atoms with Crippen molar-refractivity contribution in [3.8, 4) is 0 Å².